The molecule has 1 fully saturated rings. The molecule has 0 aromatic heterocycles. The molecule has 1 aliphatic carbocycles. The fourth-order valence-electron chi connectivity index (χ4n) is 2.02. The molecule has 0 radical (unpaired) electrons. The summed E-state index contributed by atoms with van der Waals surface area (Å²) >= 11 is 0. The molecule has 0 bridgehead atoms. The summed E-state index contributed by atoms with van der Waals surface area (Å²) < 4.78 is 0. The Morgan fingerprint density at radius 1 is 1.30 bits per heavy atom. The summed E-state index contributed by atoms with van der Waals surface area (Å²) in [4.78, 5) is 0. The predicted molar refractivity (Wildman–Crippen MR) is 42.7 cm³/mol. The van der Waals surface area contributed by atoms with E-state index in [1.54, 1.807) is 0 Å². The minimum absolute atomic E-state index is 0.0949. The first kappa shape index (κ1) is 8.06. The lowest BCUT2D eigenvalue weighted by atomic mass is 9.81. The fourth-order valence-corrected chi connectivity index (χ4v) is 2.02. The fraction of sp³-hybridized carbons (Fsp3) is 1.00. The van der Waals surface area contributed by atoms with E-state index in [0.29, 0.717) is 11.8 Å². The molecule has 1 nitrogen and oxygen atoms in total. The Morgan fingerprint density at radius 2 is 1.80 bits per heavy atom. The molecule has 60 valence electrons. The van der Waals surface area contributed by atoms with Crippen LogP contribution in [-0.4, -0.2) is 11.2 Å². The van der Waals surface area contributed by atoms with E-state index >= 15 is 0 Å². The van der Waals surface area contributed by atoms with Crippen LogP contribution in [-0.2, 0) is 0 Å². The largest absolute Gasteiger partial charge is 0.392 e. The number of hydrogen-bond acceptors (Lipinski definition) is 1. The molecule has 0 aliphatic heterocycles. The first-order chi connectivity index (χ1) is 4.46. The highest BCUT2D eigenvalue weighted by molar-refractivity contribution is 4.93. The Kier molecular flexibility index (Phi) is 1.80. The third-order valence-corrected chi connectivity index (χ3v) is 3.30. The average Bonchev–Trinajstić information content (AvgIpc) is 1.97. The molecule has 1 rings (SSSR count). The average molecular weight is 142 g/mol. The van der Waals surface area contributed by atoms with Gasteiger partial charge in [-0.2, -0.15) is 0 Å². The number of aliphatic hydroxyl groups is 1. The normalized spacial score (nSPS) is 45.9. The molecule has 0 spiro atoms. The van der Waals surface area contributed by atoms with E-state index in [2.05, 4.69) is 27.7 Å². The molecular weight excluding hydrogens is 124 g/mol. The van der Waals surface area contributed by atoms with E-state index in [4.69, 9.17) is 0 Å². The van der Waals surface area contributed by atoms with E-state index in [9.17, 15) is 5.11 Å². The molecule has 0 amide bonds. The van der Waals surface area contributed by atoms with Crippen LogP contribution in [0.15, 0.2) is 0 Å². The van der Waals surface area contributed by atoms with Crippen molar-refractivity contribution in [3.63, 3.8) is 0 Å². The van der Waals surface area contributed by atoms with Gasteiger partial charge in [0.2, 0.25) is 0 Å². The van der Waals surface area contributed by atoms with Crippen LogP contribution in [0.1, 0.15) is 34.1 Å². The van der Waals surface area contributed by atoms with E-state index in [1.807, 2.05) is 0 Å². The van der Waals surface area contributed by atoms with Crippen molar-refractivity contribution in [3.05, 3.63) is 0 Å². The zero-order chi connectivity index (χ0) is 7.94. The molecule has 3 unspecified atom stereocenters. The minimum Gasteiger partial charge on any atom is -0.392 e. The van der Waals surface area contributed by atoms with Gasteiger partial charge in [-0.15, -0.1) is 0 Å². The lowest BCUT2D eigenvalue weighted by Crippen LogP contribution is -2.29. The lowest BCUT2D eigenvalue weighted by molar-refractivity contribution is 0.0369. The van der Waals surface area contributed by atoms with Crippen molar-refractivity contribution in [1.29, 1.82) is 0 Å². The molecule has 0 saturated heterocycles. The van der Waals surface area contributed by atoms with Gasteiger partial charge in [0.05, 0.1) is 6.10 Å². The number of aliphatic hydroxyl groups excluding tert-OH is 1. The van der Waals surface area contributed by atoms with E-state index in [0.717, 1.165) is 0 Å². The van der Waals surface area contributed by atoms with Gasteiger partial charge in [-0.05, 0) is 23.7 Å². The third-order valence-electron chi connectivity index (χ3n) is 3.30. The zero-order valence-corrected chi connectivity index (χ0v) is 7.39. The lowest BCUT2D eigenvalue weighted by Gasteiger charge is -2.28. The molecule has 1 saturated carbocycles. The standard InChI is InChI=1S/C9H18O/c1-6-5-7(2)9(3,4)8(6)10/h6-8,10H,5H2,1-4H3. The third kappa shape index (κ3) is 0.968. The molecule has 3 atom stereocenters. The molecule has 1 aliphatic rings. The summed E-state index contributed by atoms with van der Waals surface area (Å²) in [6, 6.07) is 0. The summed E-state index contributed by atoms with van der Waals surface area (Å²) in [5.74, 6) is 1.16. The van der Waals surface area contributed by atoms with Crippen molar-refractivity contribution < 1.29 is 5.11 Å². The topological polar surface area (TPSA) is 20.2 Å². The van der Waals surface area contributed by atoms with Gasteiger partial charge in [0.25, 0.3) is 0 Å². The molecule has 0 aromatic carbocycles. The van der Waals surface area contributed by atoms with Gasteiger partial charge in [-0.25, -0.2) is 0 Å². The van der Waals surface area contributed by atoms with Gasteiger partial charge in [-0.3, -0.25) is 0 Å². The van der Waals surface area contributed by atoms with Crippen LogP contribution in [0.2, 0.25) is 0 Å². The summed E-state index contributed by atoms with van der Waals surface area (Å²) in [5, 5.41) is 9.70. The second-order valence-corrected chi connectivity index (χ2v) is 4.38. The Balaban J connectivity index is 2.75. The van der Waals surface area contributed by atoms with E-state index in [-0.39, 0.29) is 11.5 Å². The summed E-state index contributed by atoms with van der Waals surface area (Å²) in [5.41, 5.74) is 0.138. The highest BCUT2D eigenvalue weighted by Crippen LogP contribution is 2.45. The SMILES string of the molecule is CC1CC(C)C(C)(C)C1O. The summed E-state index contributed by atoms with van der Waals surface area (Å²) in [6.07, 6.45) is 1.08. The molecule has 0 heterocycles. The molecule has 1 N–H and O–H groups in total. The van der Waals surface area contributed by atoms with Gasteiger partial charge in [0.1, 0.15) is 0 Å². The van der Waals surface area contributed by atoms with Crippen LogP contribution in [0.5, 0.6) is 0 Å². The summed E-state index contributed by atoms with van der Waals surface area (Å²) in [6.45, 7) is 8.68. The first-order valence-corrected chi connectivity index (χ1v) is 4.14. The van der Waals surface area contributed by atoms with Crippen LogP contribution in [0.25, 0.3) is 0 Å². The van der Waals surface area contributed by atoms with Crippen LogP contribution in [0.3, 0.4) is 0 Å². The van der Waals surface area contributed by atoms with Gasteiger partial charge in [0.15, 0.2) is 0 Å². The van der Waals surface area contributed by atoms with Crippen molar-refractivity contribution in [3.8, 4) is 0 Å². The van der Waals surface area contributed by atoms with Crippen molar-refractivity contribution in [1.82, 2.24) is 0 Å². The van der Waals surface area contributed by atoms with Crippen LogP contribution in [0.4, 0.5) is 0 Å². The number of rotatable bonds is 0. The molecular formula is C9H18O. The van der Waals surface area contributed by atoms with E-state index in [1.165, 1.54) is 6.42 Å². The molecule has 10 heavy (non-hydrogen) atoms. The maximum Gasteiger partial charge on any atom is 0.0619 e. The highest BCUT2D eigenvalue weighted by Gasteiger charge is 2.43. The monoisotopic (exact) mass is 142 g/mol. The second kappa shape index (κ2) is 2.23. The Labute approximate surface area is 63.4 Å². The predicted octanol–water partition coefficient (Wildman–Crippen LogP) is 2.05. The minimum atomic E-state index is -0.0949. The van der Waals surface area contributed by atoms with Gasteiger partial charge in [-0.1, -0.05) is 27.7 Å². The van der Waals surface area contributed by atoms with Crippen LogP contribution >= 0.6 is 0 Å². The molecule has 1 heteroatoms. The second-order valence-electron chi connectivity index (χ2n) is 4.38. The van der Waals surface area contributed by atoms with Gasteiger partial charge in [0, 0.05) is 0 Å². The summed E-state index contributed by atoms with van der Waals surface area (Å²) in [7, 11) is 0. The quantitative estimate of drug-likeness (QED) is 0.549. The maximum atomic E-state index is 9.70. The highest BCUT2D eigenvalue weighted by atomic mass is 16.3. The Morgan fingerprint density at radius 3 is 1.90 bits per heavy atom. The van der Waals surface area contributed by atoms with Gasteiger partial charge >= 0.3 is 0 Å². The van der Waals surface area contributed by atoms with Crippen LogP contribution < -0.4 is 0 Å². The van der Waals surface area contributed by atoms with Crippen molar-refractivity contribution >= 4 is 0 Å². The van der Waals surface area contributed by atoms with Crippen LogP contribution in [0, 0.1) is 17.3 Å². The van der Waals surface area contributed by atoms with Crippen molar-refractivity contribution in [2.75, 3.05) is 0 Å². The Bertz CT molecular complexity index is 129. The van der Waals surface area contributed by atoms with E-state index < -0.39 is 0 Å². The first-order valence-electron chi connectivity index (χ1n) is 4.14. The smallest absolute Gasteiger partial charge is 0.0619 e. The zero-order valence-electron chi connectivity index (χ0n) is 7.39. The van der Waals surface area contributed by atoms with Gasteiger partial charge < -0.3 is 5.11 Å². The molecule has 0 aromatic rings. The van der Waals surface area contributed by atoms with Crippen molar-refractivity contribution in [2.24, 2.45) is 17.3 Å². The maximum absolute atomic E-state index is 9.70. The van der Waals surface area contributed by atoms with Crippen molar-refractivity contribution in [2.45, 2.75) is 40.2 Å². The Hall–Kier alpha value is -0.0400. The number of hydrogen-bond donors (Lipinski definition) is 1.